The standard InChI is InChI=1S/C35H41N5O6/c1-22(2)19-29(31(43)37-28(20-30(41)42)25-12-7-6-8-13-25)40-32(44)35(4,5)39(34(40)46)21-24-15-17-26(18-16-24)36-33(45)38-27-14-10-9-11-23(27)3/h6-18,22,28-29H,19-21H2,1-5H3,(H,37,43)(H,41,42)(H2,36,38,45). The van der Waals surface area contributed by atoms with Gasteiger partial charge in [-0.05, 0) is 68.0 Å². The lowest BCUT2D eigenvalue weighted by atomic mass is 9.98. The van der Waals surface area contributed by atoms with Gasteiger partial charge in [0, 0.05) is 17.9 Å². The van der Waals surface area contributed by atoms with E-state index in [9.17, 15) is 29.1 Å². The molecular formula is C35H41N5O6. The van der Waals surface area contributed by atoms with E-state index in [1.165, 1.54) is 4.90 Å². The molecule has 1 heterocycles. The number of carboxylic acids is 1. The molecule has 3 aromatic rings. The number of carbonyl (C=O) groups excluding carboxylic acids is 4. The third-order valence-corrected chi connectivity index (χ3v) is 8.01. The molecule has 1 saturated heterocycles. The highest BCUT2D eigenvalue weighted by atomic mass is 16.4. The third-order valence-electron chi connectivity index (χ3n) is 8.01. The molecule has 1 aliphatic rings. The number of aryl methyl sites for hydroxylation is 1. The second-order valence-corrected chi connectivity index (χ2v) is 12.4. The molecule has 3 aromatic carbocycles. The highest BCUT2D eigenvalue weighted by molar-refractivity contribution is 6.09. The minimum Gasteiger partial charge on any atom is -0.481 e. The first kappa shape index (κ1) is 33.7. The van der Waals surface area contributed by atoms with Crippen LogP contribution in [0.3, 0.4) is 0 Å². The van der Waals surface area contributed by atoms with Gasteiger partial charge in [-0.1, -0.05) is 74.5 Å². The van der Waals surface area contributed by atoms with E-state index in [2.05, 4.69) is 16.0 Å². The summed E-state index contributed by atoms with van der Waals surface area (Å²) < 4.78 is 0. The van der Waals surface area contributed by atoms with Crippen LogP contribution in [0.2, 0.25) is 0 Å². The average Bonchev–Trinajstić information content (AvgIpc) is 3.16. The molecule has 2 unspecified atom stereocenters. The van der Waals surface area contributed by atoms with Crippen molar-refractivity contribution >= 4 is 41.2 Å². The second kappa shape index (κ2) is 14.3. The maximum atomic E-state index is 13.9. The van der Waals surface area contributed by atoms with Crippen LogP contribution in [0.5, 0.6) is 0 Å². The molecule has 0 radical (unpaired) electrons. The first-order valence-corrected chi connectivity index (χ1v) is 15.2. The van der Waals surface area contributed by atoms with E-state index in [1.54, 1.807) is 68.4 Å². The number of benzene rings is 3. The molecule has 6 amide bonds. The molecule has 1 aliphatic heterocycles. The topological polar surface area (TPSA) is 148 Å². The Labute approximate surface area is 269 Å². The van der Waals surface area contributed by atoms with E-state index in [-0.39, 0.29) is 25.3 Å². The number of hydrogen-bond acceptors (Lipinski definition) is 5. The van der Waals surface area contributed by atoms with Crippen LogP contribution in [0.25, 0.3) is 0 Å². The Bertz CT molecular complexity index is 1590. The van der Waals surface area contributed by atoms with Crippen LogP contribution < -0.4 is 16.0 Å². The molecule has 4 N–H and O–H groups in total. The van der Waals surface area contributed by atoms with E-state index < -0.39 is 47.5 Å². The van der Waals surface area contributed by atoms with Gasteiger partial charge in [-0.3, -0.25) is 14.4 Å². The van der Waals surface area contributed by atoms with Crippen molar-refractivity contribution in [2.24, 2.45) is 5.92 Å². The Morgan fingerprint density at radius 1 is 0.870 bits per heavy atom. The lowest BCUT2D eigenvalue weighted by Gasteiger charge is -2.29. The summed E-state index contributed by atoms with van der Waals surface area (Å²) in [6, 6.07) is 20.1. The number of para-hydroxylation sites is 1. The Kier molecular flexibility index (Phi) is 10.5. The van der Waals surface area contributed by atoms with E-state index in [4.69, 9.17) is 0 Å². The van der Waals surface area contributed by atoms with Gasteiger partial charge in [0.2, 0.25) is 5.91 Å². The van der Waals surface area contributed by atoms with Crippen molar-refractivity contribution in [2.45, 2.75) is 71.6 Å². The Balaban J connectivity index is 1.50. The van der Waals surface area contributed by atoms with Gasteiger partial charge in [0.05, 0.1) is 12.5 Å². The number of carboxylic acid groups (broad SMARTS) is 1. The monoisotopic (exact) mass is 627 g/mol. The quantitative estimate of drug-likeness (QED) is 0.183. The van der Waals surface area contributed by atoms with Crippen molar-refractivity contribution in [3.8, 4) is 0 Å². The number of nitrogens with zero attached hydrogens (tertiary/aromatic N) is 2. The zero-order chi connectivity index (χ0) is 33.6. The summed E-state index contributed by atoms with van der Waals surface area (Å²) in [5.41, 5.74) is 2.24. The van der Waals surface area contributed by atoms with Gasteiger partial charge < -0.3 is 26.0 Å². The van der Waals surface area contributed by atoms with Crippen LogP contribution in [-0.4, -0.2) is 56.3 Å². The molecule has 242 valence electrons. The van der Waals surface area contributed by atoms with E-state index >= 15 is 0 Å². The molecule has 0 aliphatic carbocycles. The Morgan fingerprint density at radius 3 is 2.11 bits per heavy atom. The molecule has 11 heteroatoms. The summed E-state index contributed by atoms with van der Waals surface area (Å²) in [6.07, 6.45) is -0.158. The summed E-state index contributed by atoms with van der Waals surface area (Å²) in [6.45, 7) is 9.04. The van der Waals surface area contributed by atoms with Crippen LogP contribution in [0.15, 0.2) is 78.9 Å². The molecule has 0 saturated carbocycles. The fraction of sp³-hybridized carbons (Fsp3) is 0.343. The van der Waals surface area contributed by atoms with Crippen LogP contribution >= 0.6 is 0 Å². The third kappa shape index (κ3) is 7.90. The zero-order valence-corrected chi connectivity index (χ0v) is 26.7. The number of imide groups is 1. The predicted molar refractivity (Wildman–Crippen MR) is 175 cm³/mol. The molecule has 4 rings (SSSR count). The minimum atomic E-state index is -1.25. The van der Waals surface area contributed by atoms with Gasteiger partial charge in [-0.15, -0.1) is 0 Å². The fourth-order valence-electron chi connectivity index (χ4n) is 5.44. The fourth-order valence-corrected chi connectivity index (χ4v) is 5.44. The Morgan fingerprint density at radius 2 is 1.50 bits per heavy atom. The molecule has 46 heavy (non-hydrogen) atoms. The smallest absolute Gasteiger partial charge is 0.328 e. The van der Waals surface area contributed by atoms with Crippen LogP contribution in [-0.2, 0) is 20.9 Å². The molecule has 0 bridgehead atoms. The van der Waals surface area contributed by atoms with Crippen molar-refractivity contribution in [1.29, 1.82) is 0 Å². The molecular weight excluding hydrogens is 586 g/mol. The molecule has 2 atom stereocenters. The van der Waals surface area contributed by atoms with Crippen LogP contribution in [0, 0.1) is 12.8 Å². The summed E-state index contributed by atoms with van der Waals surface area (Å²) in [5.74, 6) is -2.25. The number of nitrogens with one attached hydrogen (secondary N) is 3. The lowest BCUT2D eigenvalue weighted by molar-refractivity contribution is -0.140. The maximum Gasteiger partial charge on any atom is 0.328 e. The zero-order valence-electron chi connectivity index (χ0n) is 26.7. The number of hydrogen-bond donors (Lipinski definition) is 4. The predicted octanol–water partition coefficient (Wildman–Crippen LogP) is 5.93. The molecule has 1 fully saturated rings. The summed E-state index contributed by atoms with van der Waals surface area (Å²) in [7, 11) is 0. The van der Waals surface area contributed by atoms with Gasteiger partial charge >= 0.3 is 18.0 Å². The van der Waals surface area contributed by atoms with Gasteiger partial charge in [-0.25, -0.2) is 14.5 Å². The normalized spacial score (nSPS) is 15.4. The number of rotatable bonds is 12. The number of carbonyl (C=O) groups is 5. The average molecular weight is 628 g/mol. The molecule has 0 spiro atoms. The van der Waals surface area contributed by atoms with Crippen LogP contribution in [0.1, 0.15) is 63.3 Å². The number of urea groups is 2. The highest BCUT2D eigenvalue weighted by Gasteiger charge is 2.54. The largest absolute Gasteiger partial charge is 0.481 e. The van der Waals surface area contributed by atoms with E-state index in [0.717, 1.165) is 16.0 Å². The SMILES string of the molecule is Cc1ccccc1NC(=O)Nc1ccc(CN2C(=O)N(C(CC(C)C)C(=O)NC(CC(=O)O)c3ccccc3)C(=O)C2(C)C)cc1. The highest BCUT2D eigenvalue weighted by Crippen LogP contribution is 2.33. The minimum absolute atomic E-state index is 0.0498. The number of anilines is 2. The van der Waals surface area contributed by atoms with Gasteiger partial charge in [0.25, 0.3) is 5.91 Å². The summed E-state index contributed by atoms with van der Waals surface area (Å²) >= 11 is 0. The van der Waals surface area contributed by atoms with Gasteiger partial charge in [0.15, 0.2) is 0 Å². The second-order valence-electron chi connectivity index (χ2n) is 12.4. The van der Waals surface area contributed by atoms with Gasteiger partial charge in [-0.2, -0.15) is 0 Å². The first-order valence-electron chi connectivity index (χ1n) is 15.2. The summed E-state index contributed by atoms with van der Waals surface area (Å²) in [4.78, 5) is 68.0. The van der Waals surface area contributed by atoms with Crippen molar-refractivity contribution in [3.63, 3.8) is 0 Å². The molecule has 0 aromatic heterocycles. The molecule has 11 nitrogen and oxygen atoms in total. The van der Waals surface area contributed by atoms with Crippen molar-refractivity contribution in [1.82, 2.24) is 15.1 Å². The first-order chi connectivity index (χ1) is 21.8. The van der Waals surface area contributed by atoms with E-state index in [1.807, 2.05) is 45.0 Å². The van der Waals surface area contributed by atoms with Gasteiger partial charge in [0.1, 0.15) is 11.6 Å². The van der Waals surface area contributed by atoms with E-state index in [0.29, 0.717) is 16.9 Å². The lowest BCUT2D eigenvalue weighted by Crippen LogP contribution is -2.52. The maximum absolute atomic E-state index is 13.9. The van der Waals surface area contributed by atoms with Crippen LogP contribution in [0.4, 0.5) is 21.0 Å². The van der Waals surface area contributed by atoms with Crippen molar-refractivity contribution in [2.75, 3.05) is 10.6 Å². The Hall–Kier alpha value is -5.19. The number of amides is 6. The van der Waals surface area contributed by atoms with Crippen molar-refractivity contribution in [3.05, 3.63) is 95.6 Å². The number of aliphatic carboxylic acids is 1. The summed E-state index contributed by atoms with van der Waals surface area (Å²) in [5, 5.41) is 17.9. The van der Waals surface area contributed by atoms with Crippen molar-refractivity contribution < 1.29 is 29.1 Å².